The maximum atomic E-state index is 10.7. The van der Waals surface area contributed by atoms with Crippen LogP contribution >= 0.6 is 12.6 Å². The Labute approximate surface area is 96.4 Å². The summed E-state index contributed by atoms with van der Waals surface area (Å²) < 4.78 is 0. The smallest absolute Gasteiger partial charge is 0.296 e. The van der Waals surface area contributed by atoms with Crippen molar-refractivity contribution in [2.75, 3.05) is 5.75 Å². The Morgan fingerprint density at radius 3 is 3.12 bits per heavy atom. The van der Waals surface area contributed by atoms with Crippen molar-refractivity contribution in [2.45, 2.75) is 0 Å². The van der Waals surface area contributed by atoms with Crippen LogP contribution in [0.25, 0.3) is 11.0 Å². The van der Waals surface area contributed by atoms with Gasteiger partial charge in [0.1, 0.15) is 5.65 Å². The van der Waals surface area contributed by atoms with Crippen molar-refractivity contribution < 1.29 is 4.92 Å². The van der Waals surface area contributed by atoms with Gasteiger partial charge in [0.2, 0.25) is 0 Å². The fraction of sp³-hybridized carbons (Fsp3) is 0.100. The number of H-pyrrole nitrogens is 1. The van der Waals surface area contributed by atoms with E-state index in [1.54, 1.807) is 12.3 Å². The second-order valence-electron chi connectivity index (χ2n) is 3.01. The highest BCUT2D eigenvalue weighted by atomic mass is 32.1. The van der Waals surface area contributed by atoms with E-state index in [-0.39, 0.29) is 5.69 Å². The summed E-state index contributed by atoms with van der Waals surface area (Å²) in [5.74, 6) is 6.02. The van der Waals surface area contributed by atoms with E-state index in [1.165, 1.54) is 6.20 Å². The number of rotatable bonds is 1. The zero-order valence-electron chi connectivity index (χ0n) is 8.10. The number of fused-ring (bicyclic) bond motifs is 1. The molecule has 0 amide bonds. The highest BCUT2D eigenvalue weighted by Gasteiger charge is 2.14. The van der Waals surface area contributed by atoms with Crippen molar-refractivity contribution >= 4 is 29.3 Å². The lowest BCUT2D eigenvalue weighted by atomic mass is 10.2. The summed E-state index contributed by atoms with van der Waals surface area (Å²) in [4.78, 5) is 17.0. The first-order valence-electron chi connectivity index (χ1n) is 4.43. The number of aromatic amines is 1. The second-order valence-corrected chi connectivity index (χ2v) is 3.33. The number of hydrogen-bond acceptors (Lipinski definition) is 4. The van der Waals surface area contributed by atoms with E-state index in [4.69, 9.17) is 0 Å². The Hall–Kier alpha value is -2.00. The third-order valence-electron chi connectivity index (χ3n) is 2.02. The number of hydrogen-bond donors (Lipinski definition) is 2. The first-order chi connectivity index (χ1) is 7.72. The molecule has 0 atom stereocenters. The van der Waals surface area contributed by atoms with Gasteiger partial charge in [-0.15, -0.1) is 0 Å². The summed E-state index contributed by atoms with van der Waals surface area (Å²) in [5.41, 5.74) is 1.14. The molecule has 0 radical (unpaired) electrons. The van der Waals surface area contributed by atoms with Crippen LogP contribution in [0.15, 0.2) is 18.5 Å². The van der Waals surface area contributed by atoms with Crippen LogP contribution in [0.2, 0.25) is 0 Å². The van der Waals surface area contributed by atoms with Gasteiger partial charge in [-0.3, -0.25) is 10.1 Å². The number of nitrogens with one attached hydrogen (secondary N) is 1. The zero-order valence-corrected chi connectivity index (χ0v) is 8.99. The molecular weight excluding hydrogens is 226 g/mol. The largest absolute Gasteiger partial charge is 0.340 e. The summed E-state index contributed by atoms with van der Waals surface area (Å²) in [5, 5.41) is 11.2. The molecule has 0 aromatic carbocycles. The number of pyridine rings is 1. The Kier molecular flexibility index (Phi) is 2.79. The normalized spacial score (nSPS) is 9.81. The molecule has 2 aromatic rings. The summed E-state index contributed by atoms with van der Waals surface area (Å²) >= 11 is 3.96. The molecule has 0 aliphatic heterocycles. The van der Waals surface area contributed by atoms with Crippen molar-refractivity contribution in [3.63, 3.8) is 0 Å². The molecule has 5 nitrogen and oxygen atoms in total. The minimum atomic E-state index is -0.448. The van der Waals surface area contributed by atoms with E-state index in [0.29, 0.717) is 22.3 Å². The van der Waals surface area contributed by atoms with Crippen LogP contribution in [0.4, 0.5) is 5.69 Å². The van der Waals surface area contributed by atoms with Crippen molar-refractivity contribution in [2.24, 2.45) is 0 Å². The third kappa shape index (κ3) is 1.85. The predicted octanol–water partition coefficient (Wildman–Crippen LogP) is 1.75. The second kappa shape index (κ2) is 4.24. The maximum absolute atomic E-state index is 10.7. The van der Waals surface area contributed by atoms with E-state index in [2.05, 4.69) is 34.4 Å². The SMILES string of the molecule is O=[N+]([O-])c1c[nH]c2ncc(C#CCS)cc12. The molecule has 16 heavy (non-hydrogen) atoms. The zero-order chi connectivity index (χ0) is 11.5. The molecule has 0 aliphatic rings. The molecule has 2 aromatic heterocycles. The van der Waals surface area contributed by atoms with Crippen molar-refractivity contribution in [1.82, 2.24) is 9.97 Å². The third-order valence-corrected chi connectivity index (χ3v) is 2.18. The first-order valence-corrected chi connectivity index (χ1v) is 5.07. The van der Waals surface area contributed by atoms with Gasteiger partial charge in [0.05, 0.1) is 22.3 Å². The number of nitro groups is 1. The first kappa shape index (κ1) is 10.5. The minimum absolute atomic E-state index is 0.0111. The fourth-order valence-corrected chi connectivity index (χ4v) is 1.43. The Morgan fingerprint density at radius 2 is 2.44 bits per heavy atom. The lowest BCUT2D eigenvalue weighted by Crippen LogP contribution is -1.86. The topological polar surface area (TPSA) is 71.8 Å². The van der Waals surface area contributed by atoms with Gasteiger partial charge in [-0.05, 0) is 6.07 Å². The molecule has 0 bridgehead atoms. The highest BCUT2D eigenvalue weighted by molar-refractivity contribution is 7.80. The predicted molar refractivity (Wildman–Crippen MR) is 63.5 cm³/mol. The summed E-state index contributed by atoms with van der Waals surface area (Å²) in [6.07, 6.45) is 2.90. The van der Waals surface area contributed by atoms with Gasteiger partial charge in [0, 0.05) is 11.8 Å². The molecule has 0 spiro atoms. The van der Waals surface area contributed by atoms with E-state index >= 15 is 0 Å². The number of aromatic nitrogens is 2. The molecule has 0 fully saturated rings. The molecule has 80 valence electrons. The minimum Gasteiger partial charge on any atom is -0.340 e. The van der Waals surface area contributed by atoms with Gasteiger partial charge in [-0.1, -0.05) is 11.8 Å². The Morgan fingerprint density at radius 1 is 1.62 bits per heavy atom. The van der Waals surface area contributed by atoms with Gasteiger partial charge >= 0.3 is 0 Å². The summed E-state index contributed by atoms with van der Waals surface area (Å²) in [7, 11) is 0. The summed E-state index contributed by atoms with van der Waals surface area (Å²) in [6, 6.07) is 1.65. The van der Waals surface area contributed by atoms with E-state index in [9.17, 15) is 10.1 Å². The van der Waals surface area contributed by atoms with Crippen molar-refractivity contribution in [1.29, 1.82) is 0 Å². The lowest BCUT2D eigenvalue weighted by molar-refractivity contribution is -0.383. The van der Waals surface area contributed by atoms with E-state index in [0.717, 1.165) is 0 Å². The van der Waals surface area contributed by atoms with Gasteiger partial charge in [-0.25, -0.2) is 4.98 Å². The van der Waals surface area contributed by atoms with Gasteiger partial charge in [0.25, 0.3) is 5.69 Å². The molecule has 1 N–H and O–H groups in total. The molecule has 6 heteroatoms. The van der Waals surface area contributed by atoms with Crippen LogP contribution in [0.1, 0.15) is 5.56 Å². The summed E-state index contributed by atoms with van der Waals surface area (Å²) in [6.45, 7) is 0. The maximum Gasteiger partial charge on any atom is 0.296 e. The van der Waals surface area contributed by atoms with E-state index < -0.39 is 4.92 Å². The lowest BCUT2D eigenvalue weighted by Gasteiger charge is -1.91. The number of nitrogens with zero attached hydrogens (tertiary/aromatic N) is 2. The molecule has 0 saturated heterocycles. The average molecular weight is 233 g/mol. The van der Waals surface area contributed by atoms with Crippen LogP contribution in [-0.4, -0.2) is 20.6 Å². The Bertz CT molecular complexity index is 609. The van der Waals surface area contributed by atoms with Crippen LogP contribution in [0, 0.1) is 22.0 Å². The highest BCUT2D eigenvalue weighted by Crippen LogP contribution is 2.23. The van der Waals surface area contributed by atoms with Crippen molar-refractivity contribution in [3.05, 3.63) is 34.1 Å². The molecule has 0 saturated carbocycles. The standard InChI is InChI=1S/C10H7N3O2S/c14-13(15)9-6-12-10-8(9)4-7(5-11-10)2-1-3-16/h4-6,16H,3H2,(H,11,12). The number of thiol groups is 1. The van der Waals surface area contributed by atoms with Crippen LogP contribution in [0.5, 0.6) is 0 Å². The molecular formula is C10H7N3O2S. The van der Waals surface area contributed by atoms with Gasteiger partial charge < -0.3 is 4.98 Å². The molecule has 0 unspecified atom stereocenters. The van der Waals surface area contributed by atoms with Crippen LogP contribution < -0.4 is 0 Å². The fourth-order valence-electron chi connectivity index (χ4n) is 1.35. The van der Waals surface area contributed by atoms with Crippen LogP contribution in [-0.2, 0) is 0 Å². The molecule has 0 aliphatic carbocycles. The monoisotopic (exact) mass is 233 g/mol. The Balaban J connectivity index is 2.58. The van der Waals surface area contributed by atoms with Crippen LogP contribution in [0.3, 0.4) is 0 Å². The van der Waals surface area contributed by atoms with Gasteiger partial charge in [-0.2, -0.15) is 12.6 Å². The average Bonchev–Trinajstić information content (AvgIpc) is 2.69. The van der Waals surface area contributed by atoms with E-state index in [1.807, 2.05) is 0 Å². The van der Waals surface area contributed by atoms with Crippen molar-refractivity contribution in [3.8, 4) is 11.8 Å². The molecule has 2 heterocycles. The quantitative estimate of drug-likeness (QED) is 0.341. The molecule has 2 rings (SSSR count). The van der Waals surface area contributed by atoms with Gasteiger partial charge in [0.15, 0.2) is 0 Å².